The Morgan fingerprint density at radius 1 is 0.435 bits per heavy atom. The molecule has 2 aliphatic rings. The molecule has 0 aromatic carbocycles. The van der Waals surface area contributed by atoms with Crippen molar-refractivity contribution in [2.24, 2.45) is 0 Å². The summed E-state index contributed by atoms with van der Waals surface area (Å²) in [7, 11) is 0. The predicted octanol–water partition coefficient (Wildman–Crippen LogP) is 13.4. The van der Waals surface area contributed by atoms with Gasteiger partial charge < -0.3 is 65.1 Å². The van der Waals surface area contributed by atoms with Crippen molar-refractivity contribution in [1.82, 2.24) is 5.32 Å². The Balaban J connectivity index is 1.73. The number of carbonyl (C=O) groups excluding carboxylic acids is 1. The summed E-state index contributed by atoms with van der Waals surface area (Å²) in [5.74, 6) is -0.293. The Kier molecular flexibility index (Phi) is 50.5. The number of aliphatic hydroxyl groups is 8. The molecule has 2 heterocycles. The Morgan fingerprint density at radius 2 is 0.824 bits per heavy atom. The molecule has 0 bridgehead atoms. The molecule has 9 N–H and O–H groups in total. The number of ether oxygens (including phenoxy) is 4. The summed E-state index contributed by atoms with van der Waals surface area (Å²) < 4.78 is 22.8. The van der Waals surface area contributed by atoms with Gasteiger partial charge in [0.05, 0.1) is 32.0 Å². The van der Waals surface area contributed by atoms with E-state index in [0.29, 0.717) is 12.8 Å². The number of nitrogens with one attached hydrogen (secondary N) is 1. The molecular formula is C71H123NO13. The molecule has 1 amide bonds. The highest BCUT2D eigenvalue weighted by Gasteiger charge is 2.51. The lowest BCUT2D eigenvalue weighted by atomic mass is 9.97. The van der Waals surface area contributed by atoms with Crippen LogP contribution in [0.2, 0.25) is 0 Å². The molecule has 0 saturated carbocycles. The highest BCUT2D eigenvalue weighted by atomic mass is 16.7. The Bertz CT molecular complexity index is 1800. The van der Waals surface area contributed by atoms with Crippen molar-refractivity contribution in [3.63, 3.8) is 0 Å². The van der Waals surface area contributed by atoms with E-state index < -0.39 is 86.8 Å². The third kappa shape index (κ3) is 39.5. The van der Waals surface area contributed by atoms with Crippen LogP contribution >= 0.6 is 0 Å². The number of hydrogen-bond donors (Lipinski definition) is 9. The van der Waals surface area contributed by atoms with Crippen molar-refractivity contribution in [1.29, 1.82) is 0 Å². The highest BCUT2D eigenvalue weighted by Crippen LogP contribution is 2.30. The number of allylic oxidation sites excluding steroid dienone is 15. The molecule has 0 aliphatic carbocycles. The molecule has 490 valence electrons. The third-order valence-electron chi connectivity index (χ3n) is 16.0. The Hall–Kier alpha value is -3.09. The number of hydrogen-bond acceptors (Lipinski definition) is 13. The molecule has 12 atom stereocenters. The Labute approximate surface area is 515 Å². The summed E-state index contributed by atoms with van der Waals surface area (Å²) in [6.45, 7) is 2.65. The second kappa shape index (κ2) is 55.0. The van der Waals surface area contributed by atoms with Crippen molar-refractivity contribution < 1.29 is 64.6 Å². The standard InChI is InChI=1S/C71H123NO13/c1-3-5-7-9-11-13-15-17-19-21-23-25-26-27-28-29-30-31-32-33-35-36-38-40-42-44-46-48-50-52-54-60(75)59(58-82-70-68(81)66(79)69(62(57-74)84-70)85-71-67(80)65(78)64(77)61(56-73)83-71)72-63(76)55-53-51-49-47-45-43-41-39-37-34-24-22-20-18-16-14-12-10-8-6-4-2/h6,8,12,14,18,20,24,34,39,41,44-47,52,54,59-62,64-71,73-75,77-81H,3-5,7,9-11,13,15-17,19,21-23,25-33,35-38,40,42-43,48-51,53,55-58H2,1-2H3,(H,72,76)/b8-6-,14-12-,20-18-,34-24-,41-39-,46-44+,47-45-,54-52+. The molecule has 0 radical (unpaired) electrons. The fraction of sp³-hybridized carbons (Fsp3) is 0.761. The molecule has 85 heavy (non-hydrogen) atoms. The van der Waals surface area contributed by atoms with Crippen LogP contribution in [0, 0.1) is 0 Å². The van der Waals surface area contributed by atoms with Gasteiger partial charge in [0.1, 0.15) is 48.8 Å². The van der Waals surface area contributed by atoms with Gasteiger partial charge in [-0.3, -0.25) is 4.79 Å². The second-order valence-electron chi connectivity index (χ2n) is 23.6. The summed E-state index contributed by atoms with van der Waals surface area (Å²) >= 11 is 0. The maximum absolute atomic E-state index is 13.3. The second-order valence-corrected chi connectivity index (χ2v) is 23.6. The first kappa shape index (κ1) is 78.0. The minimum Gasteiger partial charge on any atom is -0.394 e. The Morgan fingerprint density at radius 3 is 1.29 bits per heavy atom. The molecule has 0 aromatic rings. The van der Waals surface area contributed by atoms with E-state index in [1.807, 2.05) is 6.08 Å². The van der Waals surface area contributed by atoms with Crippen molar-refractivity contribution in [3.8, 4) is 0 Å². The van der Waals surface area contributed by atoms with Crippen molar-refractivity contribution in [2.75, 3.05) is 19.8 Å². The SMILES string of the molecule is CC/C=C\C/C=C\C/C=C\C/C=C\C/C=C\C/C=C\CCCCC(=O)NC(COC1OC(CO)C(OC2OC(CO)C(O)C(O)C2O)C(O)C1O)C(O)/C=C/CC/C=C/CCCCCCCCCCCCCCCCCCCCCCCCCC. The highest BCUT2D eigenvalue weighted by molar-refractivity contribution is 5.76. The number of amides is 1. The molecule has 0 aromatic heterocycles. The first-order chi connectivity index (χ1) is 41.6. The maximum Gasteiger partial charge on any atom is 0.220 e. The van der Waals surface area contributed by atoms with Crippen LogP contribution in [-0.4, -0.2) is 140 Å². The molecule has 0 spiro atoms. The van der Waals surface area contributed by atoms with E-state index in [1.54, 1.807) is 6.08 Å². The molecule has 2 aliphatic heterocycles. The van der Waals surface area contributed by atoms with E-state index >= 15 is 0 Å². The first-order valence-corrected chi connectivity index (χ1v) is 34.0. The average Bonchev–Trinajstić information content (AvgIpc) is 3.69. The summed E-state index contributed by atoms with van der Waals surface area (Å²) in [5, 5.41) is 87.3. The predicted molar refractivity (Wildman–Crippen MR) is 346 cm³/mol. The molecule has 14 nitrogen and oxygen atoms in total. The van der Waals surface area contributed by atoms with Gasteiger partial charge in [-0.05, 0) is 83.5 Å². The van der Waals surface area contributed by atoms with Gasteiger partial charge in [-0.25, -0.2) is 0 Å². The van der Waals surface area contributed by atoms with Crippen LogP contribution in [0.5, 0.6) is 0 Å². The van der Waals surface area contributed by atoms with Crippen LogP contribution in [0.15, 0.2) is 97.2 Å². The van der Waals surface area contributed by atoms with Crippen molar-refractivity contribution in [3.05, 3.63) is 97.2 Å². The van der Waals surface area contributed by atoms with Crippen molar-refractivity contribution in [2.45, 2.75) is 325 Å². The number of carbonyl (C=O) groups is 1. The molecule has 2 fully saturated rings. The molecule has 14 heteroatoms. The van der Waals surface area contributed by atoms with Crippen molar-refractivity contribution >= 4 is 5.91 Å². The first-order valence-electron chi connectivity index (χ1n) is 34.0. The van der Waals surface area contributed by atoms with Gasteiger partial charge in [-0.1, -0.05) is 259 Å². The van der Waals surface area contributed by atoms with Gasteiger partial charge in [-0.2, -0.15) is 0 Å². The zero-order chi connectivity index (χ0) is 61.6. The molecule has 2 saturated heterocycles. The third-order valence-corrected chi connectivity index (χ3v) is 16.0. The monoisotopic (exact) mass is 1200 g/mol. The van der Waals surface area contributed by atoms with Crippen LogP contribution in [0.4, 0.5) is 0 Å². The van der Waals surface area contributed by atoms with Gasteiger partial charge in [0.15, 0.2) is 12.6 Å². The zero-order valence-electron chi connectivity index (χ0n) is 53.1. The van der Waals surface area contributed by atoms with Crippen LogP contribution in [0.3, 0.4) is 0 Å². The van der Waals surface area contributed by atoms with E-state index in [9.17, 15) is 45.6 Å². The van der Waals surface area contributed by atoms with E-state index in [2.05, 4.69) is 104 Å². The quantitative estimate of drug-likeness (QED) is 0.0204. The van der Waals surface area contributed by atoms with Gasteiger partial charge in [-0.15, -0.1) is 0 Å². The average molecular weight is 1200 g/mol. The van der Waals surface area contributed by atoms with Crippen LogP contribution in [0.1, 0.15) is 251 Å². The minimum atomic E-state index is -1.80. The largest absolute Gasteiger partial charge is 0.394 e. The van der Waals surface area contributed by atoms with E-state index in [0.717, 1.165) is 64.2 Å². The summed E-state index contributed by atoms with van der Waals surface area (Å²) in [4.78, 5) is 13.3. The van der Waals surface area contributed by atoms with E-state index in [1.165, 1.54) is 154 Å². The molecular weight excluding hydrogens is 1070 g/mol. The zero-order valence-corrected chi connectivity index (χ0v) is 53.1. The summed E-state index contributed by atoms with van der Waals surface area (Å²) in [6, 6.07) is -0.963. The lowest BCUT2D eigenvalue weighted by Gasteiger charge is -2.46. The van der Waals surface area contributed by atoms with Gasteiger partial charge in [0, 0.05) is 6.42 Å². The molecule has 12 unspecified atom stereocenters. The summed E-state index contributed by atoms with van der Waals surface area (Å²) in [5.41, 5.74) is 0. The molecule has 2 rings (SSSR count). The topological polar surface area (TPSA) is 228 Å². The number of unbranched alkanes of at least 4 members (excludes halogenated alkanes) is 27. The van der Waals surface area contributed by atoms with Gasteiger partial charge >= 0.3 is 0 Å². The number of aliphatic hydroxyl groups excluding tert-OH is 8. The maximum atomic E-state index is 13.3. The van der Waals surface area contributed by atoms with E-state index in [4.69, 9.17) is 18.9 Å². The van der Waals surface area contributed by atoms with Crippen LogP contribution < -0.4 is 5.32 Å². The van der Waals surface area contributed by atoms with E-state index in [-0.39, 0.29) is 18.9 Å². The number of rotatable bonds is 54. The van der Waals surface area contributed by atoms with Crippen LogP contribution in [0.25, 0.3) is 0 Å². The normalized spacial score (nSPS) is 24.2. The lowest BCUT2D eigenvalue weighted by Crippen LogP contribution is -2.65. The summed E-state index contributed by atoms with van der Waals surface area (Å²) in [6.07, 6.45) is 60.4. The van der Waals surface area contributed by atoms with Gasteiger partial charge in [0.2, 0.25) is 5.91 Å². The van der Waals surface area contributed by atoms with Gasteiger partial charge in [0.25, 0.3) is 0 Å². The van der Waals surface area contributed by atoms with Crippen LogP contribution in [-0.2, 0) is 23.7 Å². The lowest BCUT2D eigenvalue weighted by molar-refractivity contribution is -0.359. The fourth-order valence-electron chi connectivity index (χ4n) is 10.6. The smallest absolute Gasteiger partial charge is 0.220 e. The fourth-order valence-corrected chi connectivity index (χ4v) is 10.6. The minimum absolute atomic E-state index is 0.213.